The highest BCUT2D eigenvalue weighted by Gasteiger charge is 2.27. The predicted molar refractivity (Wildman–Crippen MR) is 76.4 cm³/mol. The smallest absolute Gasteiger partial charge is 0.312 e. The van der Waals surface area contributed by atoms with Crippen LogP contribution in [0.25, 0.3) is 0 Å². The number of nitrogens with one attached hydrogen (secondary N) is 1. The molecule has 0 unspecified atom stereocenters. The number of methoxy groups -OCH3 is 1. The van der Waals surface area contributed by atoms with Crippen molar-refractivity contribution in [3.05, 3.63) is 33.8 Å². The first-order valence-corrected chi connectivity index (χ1v) is 6.70. The first kappa shape index (κ1) is 15.2. The fraction of sp³-hybridized carbons (Fsp3) is 0.500. The van der Waals surface area contributed by atoms with Crippen LogP contribution in [-0.2, 0) is 16.1 Å². The highest BCUT2D eigenvalue weighted by molar-refractivity contribution is 9.10. The van der Waals surface area contributed by atoms with Gasteiger partial charge in [-0.05, 0) is 38.0 Å². The van der Waals surface area contributed by atoms with Gasteiger partial charge in [0, 0.05) is 17.6 Å². The monoisotopic (exact) mass is 313 g/mol. The fourth-order valence-electron chi connectivity index (χ4n) is 1.65. The minimum absolute atomic E-state index is 0.196. The number of halogens is 1. The quantitative estimate of drug-likeness (QED) is 0.849. The minimum Gasteiger partial charge on any atom is -0.469 e. The van der Waals surface area contributed by atoms with Crippen molar-refractivity contribution in [2.24, 2.45) is 5.41 Å². The Bertz CT molecular complexity index is 430. The van der Waals surface area contributed by atoms with Gasteiger partial charge >= 0.3 is 5.97 Å². The lowest BCUT2D eigenvalue weighted by atomic mass is 9.93. The first-order valence-electron chi connectivity index (χ1n) is 5.91. The molecule has 0 radical (unpaired) electrons. The molecule has 0 amide bonds. The Labute approximate surface area is 117 Å². The van der Waals surface area contributed by atoms with Crippen molar-refractivity contribution in [1.29, 1.82) is 0 Å². The van der Waals surface area contributed by atoms with Gasteiger partial charge in [-0.15, -0.1) is 0 Å². The highest BCUT2D eigenvalue weighted by atomic mass is 79.9. The van der Waals surface area contributed by atoms with Crippen molar-refractivity contribution in [2.45, 2.75) is 27.3 Å². The number of hydrogen-bond donors (Lipinski definition) is 1. The number of carbonyl (C=O) groups is 1. The Balaban J connectivity index is 2.54. The molecule has 1 aromatic rings. The lowest BCUT2D eigenvalue weighted by molar-refractivity contribution is -0.150. The summed E-state index contributed by atoms with van der Waals surface area (Å²) in [5, 5.41) is 3.29. The van der Waals surface area contributed by atoms with Crippen molar-refractivity contribution >= 4 is 21.9 Å². The summed E-state index contributed by atoms with van der Waals surface area (Å²) in [4.78, 5) is 11.5. The summed E-state index contributed by atoms with van der Waals surface area (Å²) in [6.45, 7) is 7.11. The van der Waals surface area contributed by atoms with Crippen LogP contribution in [0.5, 0.6) is 0 Å². The third-order valence-corrected chi connectivity index (χ3v) is 3.57. The van der Waals surface area contributed by atoms with Crippen LogP contribution in [0, 0.1) is 12.3 Å². The molecule has 0 bridgehead atoms. The van der Waals surface area contributed by atoms with E-state index in [1.54, 1.807) is 0 Å². The highest BCUT2D eigenvalue weighted by Crippen LogP contribution is 2.19. The SMILES string of the molecule is COC(=O)C(C)(C)CNCc1ccc(C)cc1Br. The van der Waals surface area contributed by atoms with E-state index in [-0.39, 0.29) is 5.97 Å². The molecule has 4 heteroatoms. The number of carbonyl (C=O) groups excluding carboxylic acids is 1. The van der Waals surface area contributed by atoms with E-state index >= 15 is 0 Å². The summed E-state index contributed by atoms with van der Waals surface area (Å²) in [5.74, 6) is -0.196. The molecule has 0 aliphatic carbocycles. The van der Waals surface area contributed by atoms with Gasteiger partial charge in [0.15, 0.2) is 0 Å². The number of benzene rings is 1. The van der Waals surface area contributed by atoms with Crippen LogP contribution in [0.4, 0.5) is 0 Å². The summed E-state index contributed by atoms with van der Waals surface area (Å²) in [6.07, 6.45) is 0. The Morgan fingerprint density at radius 3 is 2.67 bits per heavy atom. The van der Waals surface area contributed by atoms with E-state index in [0.29, 0.717) is 6.54 Å². The number of ether oxygens (including phenoxy) is 1. The van der Waals surface area contributed by atoms with Gasteiger partial charge < -0.3 is 10.1 Å². The lowest BCUT2D eigenvalue weighted by Gasteiger charge is -2.22. The largest absolute Gasteiger partial charge is 0.469 e. The second-order valence-electron chi connectivity index (χ2n) is 5.07. The molecule has 100 valence electrons. The summed E-state index contributed by atoms with van der Waals surface area (Å²) in [6, 6.07) is 6.24. The van der Waals surface area contributed by atoms with Gasteiger partial charge in [0.25, 0.3) is 0 Å². The van der Waals surface area contributed by atoms with E-state index in [2.05, 4.69) is 46.4 Å². The molecule has 0 fully saturated rings. The Hall–Kier alpha value is -0.870. The normalized spacial score (nSPS) is 11.4. The minimum atomic E-state index is -0.508. The van der Waals surface area contributed by atoms with E-state index < -0.39 is 5.41 Å². The topological polar surface area (TPSA) is 38.3 Å². The van der Waals surface area contributed by atoms with Gasteiger partial charge in [-0.2, -0.15) is 0 Å². The van der Waals surface area contributed by atoms with Crippen molar-refractivity contribution in [2.75, 3.05) is 13.7 Å². The van der Waals surface area contributed by atoms with E-state index in [1.807, 2.05) is 13.8 Å². The second-order valence-corrected chi connectivity index (χ2v) is 5.93. The maximum absolute atomic E-state index is 11.5. The third-order valence-electron chi connectivity index (χ3n) is 2.83. The standard InChI is InChI=1S/C14H20BrNO2/c1-10-5-6-11(12(15)7-10)8-16-9-14(2,3)13(17)18-4/h5-7,16H,8-9H2,1-4H3. The van der Waals surface area contributed by atoms with E-state index in [9.17, 15) is 4.79 Å². The number of aryl methyl sites for hydroxylation is 1. The van der Waals surface area contributed by atoms with Crippen LogP contribution in [-0.4, -0.2) is 19.6 Å². The molecule has 0 heterocycles. The van der Waals surface area contributed by atoms with Gasteiger partial charge in [0.2, 0.25) is 0 Å². The first-order chi connectivity index (χ1) is 8.36. The summed E-state index contributed by atoms with van der Waals surface area (Å²) in [7, 11) is 1.42. The molecule has 0 saturated carbocycles. The predicted octanol–water partition coefficient (Wildman–Crippen LogP) is 3.05. The van der Waals surface area contributed by atoms with Gasteiger partial charge in [0.05, 0.1) is 12.5 Å². The van der Waals surface area contributed by atoms with Crippen LogP contribution in [0.2, 0.25) is 0 Å². The second kappa shape index (κ2) is 6.34. The molecule has 0 aliphatic rings. The molecular weight excluding hydrogens is 294 g/mol. The van der Waals surface area contributed by atoms with Crippen molar-refractivity contribution in [3.63, 3.8) is 0 Å². The number of rotatable bonds is 5. The van der Waals surface area contributed by atoms with Crippen molar-refractivity contribution in [3.8, 4) is 0 Å². The fourth-order valence-corrected chi connectivity index (χ4v) is 2.29. The van der Waals surface area contributed by atoms with E-state index in [0.717, 1.165) is 11.0 Å². The Morgan fingerprint density at radius 2 is 2.11 bits per heavy atom. The summed E-state index contributed by atoms with van der Waals surface area (Å²) < 4.78 is 5.86. The Morgan fingerprint density at radius 1 is 1.44 bits per heavy atom. The average molecular weight is 314 g/mol. The summed E-state index contributed by atoms with van der Waals surface area (Å²) >= 11 is 3.54. The maximum Gasteiger partial charge on any atom is 0.312 e. The lowest BCUT2D eigenvalue weighted by Crippen LogP contribution is -2.36. The van der Waals surface area contributed by atoms with Crippen LogP contribution >= 0.6 is 15.9 Å². The van der Waals surface area contributed by atoms with Crippen LogP contribution in [0.3, 0.4) is 0 Å². The van der Waals surface area contributed by atoms with Crippen molar-refractivity contribution in [1.82, 2.24) is 5.32 Å². The van der Waals surface area contributed by atoms with E-state index in [1.165, 1.54) is 18.2 Å². The van der Waals surface area contributed by atoms with Gasteiger partial charge in [-0.3, -0.25) is 4.79 Å². The molecule has 1 aromatic carbocycles. The molecule has 0 spiro atoms. The average Bonchev–Trinajstić information content (AvgIpc) is 2.30. The number of hydrogen-bond acceptors (Lipinski definition) is 3. The van der Waals surface area contributed by atoms with Gasteiger partial charge in [0.1, 0.15) is 0 Å². The molecule has 0 saturated heterocycles. The molecule has 0 atom stereocenters. The zero-order chi connectivity index (χ0) is 13.8. The molecule has 0 aliphatic heterocycles. The zero-order valence-electron chi connectivity index (χ0n) is 11.3. The van der Waals surface area contributed by atoms with Crippen LogP contribution in [0.1, 0.15) is 25.0 Å². The van der Waals surface area contributed by atoms with Crippen LogP contribution < -0.4 is 5.32 Å². The zero-order valence-corrected chi connectivity index (χ0v) is 12.9. The van der Waals surface area contributed by atoms with E-state index in [4.69, 9.17) is 4.74 Å². The van der Waals surface area contributed by atoms with Crippen molar-refractivity contribution < 1.29 is 9.53 Å². The Kier molecular flexibility index (Phi) is 5.35. The molecule has 3 nitrogen and oxygen atoms in total. The molecule has 1 N–H and O–H groups in total. The summed E-state index contributed by atoms with van der Waals surface area (Å²) in [5.41, 5.74) is 1.90. The molecule has 1 rings (SSSR count). The molecular formula is C14H20BrNO2. The van der Waals surface area contributed by atoms with Crippen LogP contribution in [0.15, 0.2) is 22.7 Å². The van der Waals surface area contributed by atoms with Gasteiger partial charge in [-0.1, -0.05) is 28.1 Å². The maximum atomic E-state index is 11.5. The number of esters is 1. The van der Waals surface area contributed by atoms with Gasteiger partial charge in [-0.25, -0.2) is 0 Å². The molecule has 0 aromatic heterocycles. The third kappa shape index (κ3) is 4.10. The molecule has 18 heavy (non-hydrogen) atoms.